The molecule has 0 aliphatic heterocycles. The van der Waals surface area contributed by atoms with Crippen LogP contribution in [0.4, 0.5) is 0 Å². The van der Waals surface area contributed by atoms with E-state index in [-0.39, 0.29) is 18.0 Å². The van der Waals surface area contributed by atoms with E-state index in [0.717, 1.165) is 5.56 Å². The predicted octanol–water partition coefficient (Wildman–Crippen LogP) is 2.79. The van der Waals surface area contributed by atoms with Crippen LogP contribution in [0.3, 0.4) is 0 Å². The summed E-state index contributed by atoms with van der Waals surface area (Å²) in [6.45, 7) is 0. The second-order valence-electron chi connectivity index (χ2n) is 3.67. The molecule has 0 unspecified atom stereocenters. The van der Waals surface area contributed by atoms with Gasteiger partial charge in [0.25, 0.3) is 0 Å². The first-order valence-corrected chi connectivity index (χ1v) is 5.99. The predicted molar refractivity (Wildman–Crippen MR) is 67.0 cm³/mol. The molecule has 0 saturated heterocycles. The summed E-state index contributed by atoms with van der Waals surface area (Å²) in [5, 5.41) is 0. The molecule has 0 aliphatic carbocycles. The molecule has 0 N–H and O–H groups in total. The van der Waals surface area contributed by atoms with Gasteiger partial charge in [-0.05, 0) is 12.0 Å². The van der Waals surface area contributed by atoms with Crippen LogP contribution in [0.2, 0.25) is 0 Å². The van der Waals surface area contributed by atoms with Crippen molar-refractivity contribution in [3.63, 3.8) is 0 Å². The smallest absolute Gasteiger partial charge is 0.311 e. The monoisotopic (exact) mass is 256 g/mol. The molecule has 0 spiro atoms. The van der Waals surface area contributed by atoms with Gasteiger partial charge in [-0.3, -0.25) is 4.79 Å². The Hall–Kier alpha value is -1.06. The summed E-state index contributed by atoms with van der Waals surface area (Å²) in [4.78, 5) is 11.7. The Bertz CT molecular complexity index is 340. The number of halogens is 1. The normalized spacial score (nSPS) is 14.1. The molecule has 0 aliphatic rings. The molecule has 1 aromatic rings. The second-order valence-corrected chi connectivity index (χ2v) is 4.05. The first kappa shape index (κ1) is 14.0. The van der Waals surface area contributed by atoms with Crippen molar-refractivity contribution in [3.05, 3.63) is 35.9 Å². The molecule has 0 radical (unpaired) electrons. The molecule has 0 saturated carbocycles. The Morgan fingerprint density at radius 3 is 2.41 bits per heavy atom. The van der Waals surface area contributed by atoms with Crippen molar-refractivity contribution in [1.29, 1.82) is 0 Å². The summed E-state index contributed by atoms with van der Waals surface area (Å²) < 4.78 is 10.2. The van der Waals surface area contributed by atoms with Crippen LogP contribution < -0.4 is 0 Å². The van der Waals surface area contributed by atoms with Crippen LogP contribution in [0.15, 0.2) is 30.3 Å². The number of hydrogen-bond acceptors (Lipinski definition) is 3. The van der Waals surface area contributed by atoms with E-state index in [1.165, 1.54) is 7.11 Å². The van der Waals surface area contributed by atoms with Gasteiger partial charge in [-0.15, -0.1) is 11.6 Å². The number of alkyl halides is 1. The van der Waals surface area contributed by atoms with Crippen molar-refractivity contribution in [2.75, 3.05) is 20.1 Å². The minimum atomic E-state index is -0.370. The summed E-state index contributed by atoms with van der Waals surface area (Å²) in [5.41, 5.74) is 0.954. The second kappa shape index (κ2) is 7.30. The van der Waals surface area contributed by atoms with Crippen molar-refractivity contribution in [1.82, 2.24) is 0 Å². The topological polar surface area (TPSA) is 35.5 Å². The number of methoxy groups -OCH3 is 2. The largest absolute Gasteiger partial charge is 0.469 e. The molecule has 0 heterocycles. The van der Waals surface area contributed by atoms with Crippen LogP contribution in [0.25, 0.3) is 0 Å². The Kier molecular flexibility index (Phi) is 6.01. The van der Waals surface area contributed by atoms with E-state index in [1.54, 1.807) is 7.11 Å². The molecule has 17 heavy (non-hydrogen) atoms. The fourth-order valence-electron chi connectivity index (χ4n) is 1.84. The molecular formula is C13H17ClO3. The van der Waals surface area contributed by atoms with Gasteiger partial charge < -0.3 is 9.47 Å². The fourth-order valence-corrected chi connectivity index (χ4v) is 2.07. The lowest BCUT2D eigenvalue weighted by molar-refractivity contribution is -0.150. The van der Waals surface area contributed by atoms with E-state index in [0.29, 0.717) is 12.3 Å². The average Bonchev–Trinajstić information content (AvgIpc) is 2.39. The van der Waals surface area contributed by atoms with Gasteiger partial charge in [0.1, 0.15) is 0 Å². The van der Waals surface area contributed by atoms with Gasteiger partial charge in [0.05, 0.1) is 19.1 Å². The number of rotatable bonds is 6. The Balaban J connectivity index is 2.93. The van der Waals surface area contributed by atoms with Gasteiger partial charge in [-0.1, -0.05) is 30.3 Å². The number of esters is 1. The van der Waals surface area contributed by atoms with Gasteiger partial charge in [0.2, 0.25) is 0 Å². The first-order valence-electron chi connectivity index (χ1n) is 5.46. The molecule has 0 amide bonds. The maximum atomic E-state index is 11.7. The van der Waals surface area contributed by atoms with Gasteiger partial charge in [-0.2, -0.15) is 0 Å². The zero-order valence-electron chi connectivity index (χ0n) is 10.1. The molecule has 0 fully saturated rings. The van der Waals surface area contributed by atoms with E-state index in [4.69, 9.17) is 21.1 Å². The number of hydrogen-bond donors (Lipinski definition) is 0. The lowest BCUT2D eigenvalue weighted by Gasteiger charge is -2.23. The minimum Gasteiger partial charge on any atom is -0.469 e. The summed E-state index contributed by atoms with van der Waals surface area (Å²) >= 11 is 5.72. The molecule has 4 heteroatoms. The van der Waals surface area contributed by atoms with Crippen molar-refractivity contribution >= 4 is 17.6 Å². The maximum Gasteiger partial charge on any atom is 0.311 e. The van der Waals surface area contributed by atoms with Gasteiger partial charge >= 0.3 is 5.97 Å². The Morgan fingerprint density at radius 2 is 1.94 bits per heavy atom. The summed E-state index contributed by atoms with van der Waals surface area (Å²) in [6, 6.07) is 9.61. The number of ether oxygens (including phenoxy) is 2. The zero-order valence-corrected chi connectivity index (χ0v) is 10.8. The lowest BCUT2D eigenvalue weighted by Crippen LogP contribution is -2.25. The van der Waals surface area contributed by atoms with Crippen molar-refractivity contribution in [3.8, 4) is 0 Å². The van der Waals surface area contributed by atoms with Crippen LogP contribution in [-0.4, -0.2) is 26.1 Å². The van der Waals surface area contributed by atoms with E-state index in [1.807, 2.05) is 30.3 Å². The zero-order chi connectivity index (χ0) is 12.7. The SMILES string of the molecule is COC(=O)[C@H](CCCl)[C@@H](OC)c1ccccc1. The lowest BCUT2D eigenvalue weighted by atomic mass is 9.93. The molecule has 94 valence electrons. The standard InChI is InChI=1S/C13H17ClO3/c1-16-12(10-6-4-3-5-7-10)11(8-9-14)13(15)17-2/h3-7,11-12H,8-9H2,1-2H3/t11-,12+/m1/s1. The van der Waals surface area contributed by atoms with Crippen molar-refractivity contribution < 1.29 is 14.3 Å². The third-order valence-electron chi connectivity index (χ3n) is 2.67. The highest BCUT2D eigenvalue weighted by atomic mass is 35.5. The molecule has 3 nitrogen and oxygen atoms in total. The third kappa shape index (κ3) is 3.72. The molecule has 1 aromatic carbocycles. The van der Waals surface area contributed by atoms with Crippen LogP contribution in [0.1, 0.15) is 18.1 Å². The highest BCUT2D eigenvalue weighted by molar-refractivity contribution is 6.17. The van der Waals surface area contributed by atoms with Crippen LogP contribution in [-0.2, 0) is 14.3 Å². The van der Waals surface area contributed by atoms with Gasteiger partial charge in [0.15, 0.2) is 0 Å². The van der Waals surface area contributed by atoms with Gasteiger partial charge in [0, 0.05) is 13.0 Å². The fraction of sp³-hybridized carbons (Fsp3) is 0.462. The number of carbonyl (C=O) groups excluding carboxylic acids is 1. The Labute approximate surface area is 107 Å². The highest BCUT2D eigenvalue weighted by Gasteiger charge is 2.29. The minimum absolute atomic E-state index is 0.290. The molecule has 0 bridgehead atoms. The third-order valence-corrected chi connectivity index (χ3v) is 2.89. The number of benzene rings is 1. The van der Waals surface area contributed by atoms with E-state index in [9.17, 15) is 4.79 Å². The van der Waals surface area contributed by atoms with Gasteiger partial charge in [-0.25, -0.2) is 0 Å². The molecule has 1 rings (SSSR count). The van der Waals surface area contributed by atoms with Crippen molar-refractivity contribution in [2.45, 2.75) is 12.5 Å². The summed E-state index contributed by atoms with van der Waals surface area (Å²) in [5.74, 6) is -0.266. The summed E-state index contributed by atoms with van der Waals surface area (Å²) in [6.07, 6.45) is 0.212. The van der Waals surface area contributed by atoms with Crippen LogP contribution in [0.5, 0.6) is 0 Å². The first-order chi connectivity index (χ1) is 8.24. The van der Waals surface area contributed by atoms with E-state index < -0.39 is 0 Å². The number of carbonyl (C=O) groups is 1. The van der Waals surface area contributed by atoms with E-state index >= 15 is 0 Å². The molecule has 0 aromatic heterocycles. The quantitative estimate of drug-likeness (QED) is 0.580. The van der Waals surface area contributed by atoms with E-state index in [2.05, 4.69) is 0 Å². The maximum absolute atomic E-state index is 11.7. The van der Waals surface area contributed by atoms with Crippen molar-refractivity contribution in [2.24, 2.45) is 5.92 Å². The van der Waals surface area contributed by atoms with Crippen LogP contribution in [0, 0.1) is 5.92 Å². The molecular weight excluding hydrogens is 240 g/mol. The molecule has 2 atom stereocenters. The Morgan fingerprint density at radius 1 is 1.29 bits per heavy atom. The summed E-state index contributed by atoms with van der Waals surface area (Å²) in [7, 11) is 2.96. The van der Waals surface area contributed by atoms with Crippen LogP contribution >= 0.6 is 11.6 Å². The average molecular weight is 257 g/mol. The highest BCUT2D eigenvalue weighted by Crippen LogP contribution is 2.29.